The van der Waals surface area contributed by atoms with Crippen LogP contribution in [0.2, 0.25) is 0 Å². The van der Waals surface area contributed by atoms with Gasteiger partial charge in [0.1, 0.15) is 0 Å². The van der Waals surface area contributed by atoms with Gasteiger partial charge in [-0.3, -0.25) is 0 Å². The van der Waals surface area contributed by atoms with Crippen LogP contribution in [0.15, 0.2) is 29.4 Å². The van der Waals surface area contributed by atoms with E-state index in [1.807, 2.05) is 43.0 Å². The summed E-state index contributed by atoms with van der Waals surface area (Å²) in [7, 11) is 0. The molecule has 0 bridgehead atoms. The van der Waals surface area contributed by atoms with Crippen molar-refractivity contribution in [1.82, 2.24) is 0 Å². The minimum Gasteiger partial charge on any atom is -0.368 e. The van der Waals surface area contributed by atoms with Crippen LogP contribution >= 0.6 is 0 Å². The van der Waals surface area contributed by atoms with Gasteiger partial charge in [-0.25, -0.2) is 0 Å². The number of guanidine groups is 1. The zero-order chi connectivity index (χ0) is 10.6. The standard InChI is InChI=1S/C10H16N4/c1-3-14(10(11)13-12)9-7-5-4-6-8(9)2/h4-7H,3,12H2,1-2H3,(H2,11,13). The molecule has 0 aliphatic rings. The van der Waals surface area contributed by atoms with E-state index >= 15 is 0 Å². The average Bonchev–Trinajstić information content (AvgIpc) is 2.21. The van der Waals surface area contributed by atoms with Crippen LogP contribution in [0.1, 0.15) is 12.5 Å². The number of nitrogens with two attached hydrogens (primary N) is 2. The van der Waals surface area contributed by atoms with Gasteiger partial charge in [0.2, 0.25) is 5.96 Å². The first-order valence-corrected chi connectivity index (χ1v) is 4.57. The molecule has 0 unspecified atom stereocenters. The number of anilines is 1. The number of hydrogen-bond acceptors (Lipinski definition) is 2. The first-order valence-electron chi connectivity index (χ1n) is 4.57. The van der Waals surface area contributed by atoms with Crippen LogP contribution in [0.25, 0.3) is 0 Å². The van der Waals surface area contributed by atoms with E-state index < -0.39 is 0 Å². The van der Waals surface area contributed by atoms with E-state index in [0.29, 0.717) is 5.96 Å². The van der Waals surface area contributed by atoms with Gasteiger partial charge < -0.3 is 16.5 Å². The number of rotatable bonds is 2. The molecule has 0 heterocycles. The first kappa shape index (κ1) is 10.4. The normalized spacial score (nSPS) is 11.4. The summed E-state index contributed by atoms with van der Waals surface area (Å²) >= 11 is 0. The summed E-state index contributed by atoms with van der Waals surface area (Å²) < 4.78 is 0. The van der Waals surface area contributed by atoms with Crippen molar-refractivity contribution in [2.24, 2.45) is 16.7 Å². The monoisotopic (exact) mass is 192 g/mol. The molecule has 0 radical (unpaired) electrons. The number of hydrogen-bond donors (Lipinski definition) is 2. The van der Waals surface area contributed by atoms with E-state index in [1.165, 1.54) is 0 Å². The molecule has 0 aliphatic carbocycles. The van der Waals surface area contributed by atoms with Gasteiger partial charge >= 0.3 is 0 Å². The maximum Gasteiger partial charge on any atom is 0.217 e. The lowest BCUT2D eigenvalue weighted by Crippen LogP contribution is -2.38. The first-order chi connectivity index (χ1) is 6.70. The molecule has 0 atom stereocenters. The lowest BCUT2D eigenvalue weighted by Gasteiger charge is -2.22. The van der Waals surface area contributed by atoms with Crippen LogP contribution in [-0.2, 0) is 0 Å². The van der Waals surface area contributed by atoms with Crippen LogP contribution in [0.4, 0.5) is 5.69 Å². The highest BCUT2D eigenvalue weighted by atomic mass is 15.3. The van der Waals surface area contributed by atoms with Gasteiger partial charge in [0.05, 0.1) is 0 Å². The van der Waals surface area contributed by atoms with E-state index in [2.05, 4.69) is 5.10 Å². The minimum absolute atomic E-state index is 0.335. The van der Waals surface area contributed by atoms with E-state index in [4.69, 9.17) is 11.6 Å². The van der Waals surface area contributed by atoms with Gasteiger partial charge in [0.15, 0.2) is 0 Å². The predicted octanol–water partition coefficient (Wildman–Crippen LogP) is 1.01. The molecule has 0 saturated heterocycles. The topological polar surface area (TPSA) is 67.6 Å². The molecule has 76 valence electrons. The van der Waals surface area contributed by atoms with Gasteiger partial charge in [0, 0.05) is 12.2 Å². The van der Waals surface area contributed by atoms with Crippen molar-refractivity contribution in [3.63, 3.8) is 0 Å². The summed E-state index contributed by atoms with van der Waals surface area (Å²) in [5, 5.41) is 3.50. The van der Waals surface area contributed by atoms with Gasteiger partial charge in [0.25, 0.3) is 0 Å². The Morgan fingerprint density at radius 2 is 2.07 bits per heavy atom. The Kier molecular flexibility index (Phi) is 3.34. The number of nitrogens with zero attached hydrogens (tertiary/aromatic N) is 2. The largest absolute Gasteiger partial charge is 0.368 e. The highest BCUT2D eigenvalue weighted by Gasteiger charge is 2.09. The summed E-state index contributed by atoms with van der Waals surface area (Å²) in [5.41, 5.74) is 7.88. The van der Waals surface area contributed by atoms with Crippen molar-refractivity contribution >= 4 is 11.6 Å². The third-order valence-electron chi connectivity index (χ3n) is 2.13. The molecule has 1 aromatic carbocycles. The highest BCUT2D eigenvalue weighted by molar-refractivity contribution is 5.95. The van der Waals surface area contributed by atoms with E-state index in [1.54, 1.807) is 0 Å². The van der Waals surface area contributed by atoms with E-state index in [9.17, 15) is 0 Å². The minimum atomic E-state index is 0.335. The second-order valence-corrected chi connectivity index (χ2v) is 3.02. The second-order valence-electron chi connectivity index (χ2n) is 3.02. The Balaban J connectivity index is 3.07. The molecule has 0 amide bonds. The zero-order valence-electron chi connectivity index (χ0n) is 8.57. The zero-order valence-corrected chi connectivity index (χ0v) is 8.57. The van der Waals surface area contributed by atoms with Crippen LogP contribution in [0, 0.1) is 6.92 Å². The Bertz CT molecular complexity index is 333. The van der Waals surface area contributed by atoms with Crippen molar-refractivity contribution in [2.75, 3.05) is 11.4 Å². The highest BCUT2D eigenvalue weighted by Crippen LogP contribution is 2.18. The molecule has 4 N–H and O–H groups in total. The fraction of sp³-hybridized carbons (Fsp3) is 0.300. The Hall–Kier alpha value is -1.71. The molecule has 0 aromatic heterocycles. The summed E-state index contributed by atoms with van der Waals surface area (Å²) in [5.74, 6) is 5.49. The maximum atomic E-state index is 5.68. The Labute approximate surface area is 84.2 Å². The molecular weight excluding hydrogens is 176 g/mol. The van der Waals surface area contributed by atoms with Gasteiger partial charge in [-0.05, 0) is 25.5 Å². The molecule has 1 rings (SSSR count). The molecule has 0 spiro atoms. The quantitative estimate of drug-likeness (QED) is 0.318. The summed E-state index contributed by atoms with van der Waals surface area (Å²) in [6.07, 6.45) is 0. The third-order valence-corrected chi connectivity index (χ3v) is 2.13. The number of hydrazone groups is 1. The summed E-state index contributed by atoms with van der Waals surface area (Å²) in [4.78, 5) is 1.87. The summed E-state index contributed by atoms with van der Waals surface area (Å²) in [6, 6.07) is 7.98. The molecule has 1 aromatic rings. The van der Waals surface area contributed by atoms with Crippen molar-refractivity contribution in [1.29, 1.82) is 0 Å². The molecular formula is C10H16N4. The smallest absolute Gasteiger partial charge is 0.217 e. The van der Waals surface area contributed by atoms with Crippen molar-refractivity contribution in [3.05, 3.63) is 29.8 Å². The van der Waals surface area contributed by atoms with Crippen molar-refractivity contribution in [3.8, 4) is 0 Å². The van der Waals surface area contributed by atoms with E-state index in [0.717, 1.165) is 17.8 Å². The fourth-order valence-electron chi connectivity index (χ4n) is 1.39. The van der Waals surface area contributed by atoms with Crippen LogP contribution < -0.4 is 16.5 Å². The summed E-state index contributed by atoms with van der Waals surface area (Å²) in [6.45, 7) is 4.78. The third kappa shape index (κ3) is 1.96. The lowest BCUT2D eigenvalue weighted by atomic mass is 10.2. The number of benzene rings is 1. The van der Waals surface area contributed by atoms with E-state index in [-0.39, 0.29) is 0 Å². The SMILES string of the molecule is CCN(/C(N)=N/N)c1ccccc1C. The molecule has 0 aliphatic heterocycles. The van der Waals surface area contributed by atoms with Crippen LogP contribution in [0.5, 0.6) is 0 Å². The Morgan fingerprint density at radius 3 is 2.57 bits per heavy atom. The number of aryl methyl sites for hydroxylation is 1. The van der Waals surface area contributed by atoms with Gasteiger partial charge in [-0.1, -0.05) is 18.2 Å². The fourth-order valence-corrected chi connectivity index (χ4v) is 1.39. The molecule has 4 heteroatoms. The molecule has 14 heavy (non-hydrogen) atoms. The lowest BCUT2D eigenvalue weighted by molar-refractivity contribution is 1.02. The molecule has 0 fully saturated rings. The van der Waals surface area contributed by atoms with Crippen LogP contribution in [0.3, 0.4) is 0 Å². The average molecular weight is 192 g/mol. The molecule has 0 saturated carbocycles. The van der Waals surface area contributed by atoms with Crippen molar-refractivity contribution in [2.45, 2.75) is 13.8 Å². The second kappa shape index (κ2) is 4.50. The Morgan fingerprint density at radius 1 is 1.43 bits per heavy atom. The van der Waals surface area contributed by atoms with Crippen LogP contribution in [-0.4, -0.2) is 12.5 Å². The molecule has 4 nitrogen and oxygen atoms in total. The van der Waals surface area contributed by atoms with Gasteiger partial charge in [-0.15, -0.1) is 5.10 Å². The predicted molar refractivity (Wildman–Crippen MR) is 60.0 cm³/mol. The van der Waals surface area contributed by atoms with Crippen molar-refractivity contribution < 1.29 is 0 Å². The van der Waals surface area contributed by atoms with Gasteiger partial charge in [-0.2, -0.15) is 0 Å². The maximum absolute atomic E-state index is 5.68. The number of para-hydroxylation sites is 1.